The van der Waals surface area contributed by atoms with Crippen molar-refractivity contribution in [2.24, 2.45) is 0 Å². The number of likely N-dealkylation sites (tertiary alicyclic amines) is 1. The molecule has 1 aliphatic rings. The molecule has 3 aromatic rings. The Balaban J connectivity index is 1.57. The van der Waals surface area contributed by atoms with E-state index >= 15 is 0 Å². The minimum Gasteiger partial charge on any atom is -0.355 e. The van der Waals surface area contributed by atoms with E-state index in [9.17, 15) is 4.79 Å². The van der Waals surface area contributed by atoms with Gasteiger partial charge in [0, 0.05) is 23.7 Å². The third-order valence-electron chi connectivity index (χ3n) is 4.94. The predicted molar refractivity (Wildman–Crippen MR) is 97.4 cm³/mol. The standard InChI is InChI=1S/C20H21N3O2/c1-23-11-5-8-16(23)13-21-20(24)15-9-10-18-17(12-15)19(25-22-18)14-6-3-2-4-7-14/h2-4,6-7,9-10,12,16H,5,8,11,13H2,1H3,(H,21,24)/t16-/m0/s1. The highest BCUT2D eigenvalue weighted by Gasteiger charge is 2.21. The molecular formula is C20H21N3O2. The summed E-state index contributed by atoms with van der Waals surface area (Å²) < 4.78 is 5.50. The van der Waals surface area contributed by atoms with Crippen LogP contribution in [0, 0.1) is 0 Å². The van der Waals surface area contributed by atoms with Crippen LogP contribution in [0.5, 0.6) is 0 Å². The molecule has 1 aromatic heterocycles. The Hall–Kier alpha value is -2.66. The van der Waals surface area contributed by atoms with Crippen molar-refractivity contribution in [2.45, 2.75) is 18.9 Å². The van der Waals surface area contributed by atoms with Crippen molar-refractivity contribution in [1.82, 2.24) is 15.4 Å². The number of rotatable bonds is 4. The van der Waals surface area contributed by atoms with Crippen LogP contribution in [0.3, 0.4) is 0 Å². The molecule has 25 heavy (non-hydrogen) atoms. The first kappa shape index (κ1) is 15.8. The van der Waals surface area contributed by atoms with Gasteiger partial charge in [0.15, 0.2) is 5.76 Å². The summed E-state index contributed by atoms with van der Waals surface area (Å²) in [7, 11) is 2.11. The van der Waals surface area contributed by atoms with Crippen LogP contribution in [0.15, 0.2) is 53.1 Å². The Morgan fingerprint density at radius 1 is 1.28 bits per heavy atom. The van der Waals surface area contributed by atoms with E-state index < -0.39 is 0 Å². The van der Waals surface area contributed by atoms with Crippen LogP contribution < -0.4 is 5.32 Å². The molecule has 0 unspecified atom stereocenters. The fraction of sp³-hybridized carbons (Fsp3) is 0.300. The molecule has 1 fully saturated rings. The van der Waals surface area contributed by atoms with Gasteiger partial charge in [-0.25, -0.2) is 0 Å². The number of likely N-dealkylation sites (N-methyl/N-ethyl adjacent to an activating group) is 1. The Morgan fingerprint density at radius 2 is 2.12 bits per heavy atom. The fourth-order valence-electron chi connectivity index (χ4n) is 3.43. The molecule has 2 aromatic carbocycles. The lowest BCUT2D eigenvalue weighted by molar-refractivity contribution is 0.0944. The average molecular weight is 335 g/mol. The van der Waals surface area contributed by atoms with Crippen molar-refractivity contribution >= 4 is 16.8 Å². The number of carbonyl (C=O) groups is 1. The first-order valence-electron chi connectivity index (χ1n) is 8.65. The van der Waals surface area contributed by atoms with Gasteiger partial charge in [0.25, 0.3) is 5.91 Å². The van der Waals surface area contributed by atoms with E-state index in [-0.39, 0.29) is 5.91 Å². The lowest BCUT2D eigenvalue weighted by Crippen LogP contribution is -2.38. The van der Waals surface area contributed by atoms with E-state index in [1.165, 1.54) is 6.42 Å². The Morgan fingerprint density at radius 3 is 2.88 bits per heavy atom. The third kappa shape index (κ3) is 3.15. The highest BCUT2D eigenvalue weighted by atomic mass is 16.5. The molecule has 2 heterocycles. The number of hydrogen-bond donors (Lipinski definition) is 1. The van der Waals surface area contributed by atoms with Crippen molar-refractivity contribution < 1.29 is 9.32 Å². The van der Waals surface area contributed by atoms with E-state index in [2.05, 4.69) is 22.4 Å². The van der Waals surface area contributed by atoms with Gasteiger partial charge in [0.1, 0.15) is 5.52 Å². The van der Waals surface area contributed by atoms with E-state index in [0.29, 0.717) is 23.9 Å². The zero-order chi connectivity index (χ0) is 17.2. The van der Waals surface area contributed by atoms with Crippen LogP contribution in [0.1, 0.15) is 23.2 Å². The molecule has 1 saturated heterocycles. The normalized spacial score (nSPS) is 17.9. The topological polar surface area (TPSA) is 58.4 Å². The summed E-state index contributed by atoms with van der Waals surface area (Å²) in [4.78, 5) is 14.8. The van der Waals surface area contributed by atoms with Crippen LogP contribution in [0.25, 0.3) is 22.2 Å². The van der Waals surface area contributed by atoms with Gasteiger partial charge in [-0.05, 0) is 44.6 Å². The van der Waals surface area contributed by atoms with Gasteiger partial charge in [-0.1, -0.05) is 35.5 Å². The summed E-state index contributed by atoms with van der Waals surface area (Å²) in [5.74, 6) is 0.642. The van der Waals surface area contributed by atoms with Gasteiger partial charge in [0.05, 0.1) is 5.39 Å². The summed E-state index contributed by atoms with van der Waals surface area (Å²) in [6.07, 6.45) is 2.34. The highest BCUT2D eigenvalue weighted by Crippen LogP contribution is 2.29. The first-order valence-corrected chi connectivity index (χ1v) is 8.65. The van der Waals surface area contributed by atoms with Crippen LogP contribution >= 0.6 is 0 Å². The fourth-order valence-corrected chi connectivity index (χ4v) is 3.43. The summed E-state index contributed by atoms with van der Waals surface area (Å²) in [5.41, 5.74) is 2.34. The summed E-state index contributed by atoms with van der Waals surface area (Å²) in [6.45, 7) is 1.79. The number of hydrogen-bond acceptors (Lipinski definition) is 4. The van der Waals surface area contributed by atoms with Gasteiger partial charge in [0.2, 0.25) is 0 Å². The molecule has 1 aliphatic heterocycles. The average Bonchev–Trinajstić information content (AvgIpc) is 3.25. The molecule has 5 heteroatoms. The molecule has 1 N–H and O–H groups in total. The van der Waals surface area contributed by atoms with Crippen LogP contribution in [0.2, 0.25) is 0 Å². The van der Waals surface area contributed by atoms with Gasteiger partial charge in [-0.3, -0.25) is 4.79 Å². The van der Waals surface area contributed by atoms with Gasteiger partial charge in [-0.2, -0.15) is 0 Å². The van der Waals surface area contributed by atoms with Gasteiger partial charge in [-0.15, -0.1) is 0 Å². The minimum absolute atomic E-state index is 0.0533. The molecule has 1 amide bonds. The molecule has 0 saturated carbocycles. The van der Waals surface area contributed by atoms with Crippen molar-refractivity contribution in [1.29, 1.82) is 0 Å². The van der Waals surface area contributed by atoms with Crippen molar-refractivity contribution in [2.75, 3.05) is 20.1 Å². The van der Waals surface area contributed by atoms with Gasteiger partial charge < -0.3 is 14.7 Å². The third-order valence-corrected chi connectivity index (χ3v) is 4.94. The maximum absolute atomic E-state index is 12.5. The quantitative estimate of drug-likeness (QED) is 0.795. The second-order valence-corrected chi connectivity index (χ2v) is 6.60. The minimum atomic E-state index is -0.0533. The number of fused-ring (bicyclic) bond motifs is 1. The Bertz CT molecular complexity index is 888. The van der Waals surface area contributed by atoms with Crippen LogP contribution in [-0.2, 0) is 0 Å². The predicted octanol–water partition coefficient (Wildman–Crippen LogP) is 3.32. The Labute approximate surface area is 146 Å². The SMILES string of the molecule is CN1CCC[C@H]1CNC(=O)c1ccc2noc(-c3ccccc3)c2c1. The highest BCUT2D eigenvalue weighted by molar-refractivity contribution is 6.00. The van der Waals surface area contributed by atoms with E-state index in [0.717, 1.165) is 29.4 Å². The number of nitrogens with zero attached hydrogens (tertiary/aromatic N) is 2. The summed E-state index contributed by atoms with van der Waals surface area (Å²) in [5, 5.41) is 8.02. The molecular weight excluding hydrogens is 314 g/mol. The molecule has 0 spiro atoms. The monoisotopic (exact) mass is 335 g/mol. The van der Waals surface area contributed by atoms with E-state index in [1.54, 1.807) is 6.07 Å². The van der Waals surface area contributed by atoms with E-state index in [1.807, 2.05) is 42.5 Å². The molecule has 0 radical (unpaired) electrons. The number of benzene rings is 2. The summed E-state index contributed by atoms with van der Waals surface area (Å²) in [6, 6.07) is 15.8. The number of aromatic nitrogens is 1. The first-order chi connectivity index (χ1) is 12.2. The molecule has 128 valence electrons. The molecule has 5 nitrogen and oxygen atoms in total. The zero-order valence-electron chi connectivity index (χ0n) is 14.2. The van der Waals surface area contributed by atoms with Crippen molar-refractivity contribution in [3.63, 3.8) is 0 Å². The molecule has 0 bridgehead atoms. The van der Waals surface area contributed by atoms with Crippen LogP contribution in [-0.4, -0.2) is 42.1 Å². The lowest BCUT2D eigenvalue weighted by Gasteiger charge is -2.19. The summed E-state index contributed by atoms with van der Waals surface area (Å²) >= 11 is 0. The largest absolute Gasteiger partial charge is 0.355 e. The number of nitrogens with one attached hydrogen (secondary N) is 1. The smallest absolute Gasteiger partial charge is 0.251 e. The Kier molecular flexibility index (Phi) is 4.24. The van der Waals surface area contributed by atoms with Crippen LogP contribution in [0.4, 0.5) is 0 Å². The maximum atomic E-state index is 12.5. The lowest BCUT2D eigenvalue weighted by atomic mass is 10.1. The number of carbonyl (C=O) groups excluding carboxylic acids is 1. The second kappa shape index (κ2) is 6.69. The van der Waals surface area contributed by atoms with Crippen molar-refractivity contribution in [3.05, 3.63) is 54.1 Å². The number of amides is 1. The molecule has 0 aliphatic carbocycles. The second-order valence-electron chi connectivity index (χ2n) is 6.60. The maximum Gasteiger partial charge on any atom is 0.251 e. The van der Waals surface area contributed by atoms with Gasteiger partial charge >= 0.3 is 0 Å². The zero-order valence-corrected chi connectivity index (χ0v) is 14.2. The molecule has 1 atom stereocenters. The molecule has 4 rings (SSSR count). The van der Waals surface area contributed by atoms with E-state index in [4.69, 9.17) is 4.52 Å². The van der Waals surface area contributed by atoms with Crippen molar-refractivity contribution in [3.8, 4) is 11.3 Å².